The standard InChI is InChI=1S/C12H23BrO2/c1-4-5-6-7-8-9-10-15-11(14)12(2,3)13/h4-10H2,1-3H3. The zero-order chi connectivity index (χ0) is 11.7. The highest BCUT2D eigenvalue weighted by Gasteiger charge is 2.24. The van der Waals surface area contributed by atoms with Crippen LogP contribution in [0.3, 0.4) is 0 Å². The summed E-state index contributed by atoms with van der Waals surface area (Å²) in [5, 5.41) is 0. The number of alkyl halides is 1. The number of carbonyl (C=O) groups is 1. The molecule has 0 N–H and O–H groups in total. The van der Waals surface area contributed by atoms with Crippen molar-refractivity contribution in [3.8, 4) is 0 Å². The maximum absolute atomic E-state index is 11.3. The molecule has 0 heterocycles. The summed E-state index contributed by atoms with van der Waals surface area (Å²) in [7, 11) is 0. The molecule has 3 heteroatoms. The van der Waals surface area contributed by atoms with E-state index < -0.39 is 4.32 Å². The predicted octanol–water partition coefficient (Wildman–Crippen LogP) is 4.06. The van der Waals surface area contributed by atoms with Gasteiger partial charge in [-0.2, -0.15) is 0 Å². The van der Waals surface area contributed by atoms with E-state index in [-0.39, 0.29) is 5.97 Å². The van der Waals surface area contributed by atoms with Crippen LogP contribution in [0.15, 0.2) is 0 Å². The molecule has 0 aromatic rings. The van der Waals surface area contributed by atoms with Crippen molar-refractivity contribution >= 4 is 21.9 Å². The van der Waals surface area contributed by atoms with Crippen LogP contribution in [0.25, 0.3) is 0 Å². The molecule has 0 fully saturated rings. The van der Waals surface area contributed by atoms with Crippen LogP contribution in [-0.2, 0) is 9.53 Å². The summed E-state index contributed by atoms with van der Waals surface area (Å²) < 4.78 is 4.58. The van der Waals surface area contributed by atoms with Crippen LogP contribution < -0.4 is 0 Å². The molecule has 0 aliphatic heterocycles. The van der Waals surface area contributed by atoms with E-state index in [9.17, 15) is 4.79 Å². The molecule has 0 atom stereocenters. The molecule has 0 amide bonds. The quantitative estimate of drug-likeness (QED) is 0.380. The van der Waals surface area contributed by atoms with Gasteiger partial charge in [0.25, 0.3) is 0 Å². The lowest BCUT2D eigenvalue weighted by atomic mass is 10.1. The molecular weight excluding hydrogens is 256 g/mol. The summed E-state index contributed by atoms with van der Waals surface area (Å²) in [5.74, 6) is -0.170. The average molecular weight is 279 g/mol. The van der Waals surface area contributed by atoms with Crippen molar-refractivity contribution in [1.29, 1.82) is 0 Å². The lowest BCUT2D eigenvalue weighted by Crippen LogP contribution is -2.26. The maximum atomic E-state index is 11.3. The van der Waals surface area contributed by atoms with Gasteiger partial charge < -0.3 is 4.74 Å². The van der Waals surface area contributed by atoms with Crippen molar-refractivity contribution in [2.45, 2.75) is 63.6 Å². The molecule has 0 spiro atoms. The van der Waals surface area contributed by atoms with E-state index in [1.54, 1.807) is 13.8 Å². The SMILES string of the molecule is CCCCCCCCOC(=O)C(C)(C)Br. The van der Waals surface area contributed by atoms with Crippen molar-refractivity contribution in [2.75, 3.05) is 6.61 Å². The van der Waals surface area contributed by atoms with Gasteiger partial charge in [-0.3, -0.25) is 4.79 Å². The Balaban J connectivity index is 3.28. The summed E-state index contributed by atoms with van der Waals surface area (Å²) in [4.78, 5) is 11.3. The normalized spacial score (nSPS) is 11.5. The Labute approximate surface area is 102 Å². The first-order chi connectivity index (χ1) is 6.98. The molecular formula is C12H23BrO2. The molecule has 0 radical (unpaired) electrons. The Morgan fingerprint density at radius 2 is 1.67 bits per heavy atom. The van der Waals surface area contributed by atoms with Crippen molar-refractivity contribution in [3.63, 3.8) is 0 Å². The zero-order valence-electron chi connectivity index (χ0n) is 10.1. The van der Waals surface area contributed by atoms with Gasteiger partial charge in [0.1, 0.15) is 4.32 Å². The Morgan fingerprint density at radius 1 is 1.13 bits per heavy atom. The largest absolute Gasteiger partial charge is 0.465 e. The van der Waals surface area contributed by atoms with E-state index in [1.165, 1.54) is 25.7 Å². The van der Waals surface area contributed by atoms with E-state index in [1.807, 2.05) is 0 Å². The first-order valence-electron chi connectivity index (χ1n) is 5.84. The van der Waals surface area contributed by atoms with Crippen molar-refractivity contribution in [3.05, 3.63) is 0 Å². The minimum absolute atomic E-state index is 0.170. The van der Waals surface area contributed by atoms with Crippen molar-refractivity contribution < 1.29 is 9.53 Å². The number of rotatable bonds is 8. The molecule has 0 aromatic heterocycles. The molecule has 2 nitrogen and oxygen atoms in total. The molecule has 0 aliphatic carbocycles. The summed E-state index contributed by atoms with van der Waals surface area (Å²) in [6, 6.07) is 0. The van der Waals surface area contributed by atoms with Gasteiger partial charge in [-0.1, -0.05) is 55.0 Å². The highest BCUT2D eigenvalue weighted by Crippen LogP contribution is 2.17. The maximum Gasteiger partial charge on any atom is 0.322 e. The molecule has 15 heavy (non-hydrogen) atoms. The van der Waals surface area contributed by atoms with Crippen LogP contribution in [0.1, 0.15) is 59.3 Å². The average Bonchev–Trinajstić information content (AvgIpc) is 2.14. The minimum atomic E-state index is -0.546. The number of hydrogen-bond donors (Lipinski definition) is 0. The molecule has 0 saturated carbocycles. The van der Waals surface area contributed by atoms with E-state index in [4.69, 9.17) is 4.74 Å². The Morgan fingerprint density at radius 3 is 2.20 bits per heavy atom. The second-order valence-electron chi connectivity index (χ2n) is 4.38. The third-order valence-electron chi connectivity index (χ3n) is 2.22. The van der Waals surface area contributed by atoms with Gasteiger partial charge in [0.05, 0.1) is 6.61 Å². The van der Waals surface area contributed by atoms with Gasteiger partial charge in [-0.15, -0.1) is 0 Å². The fourth-order valence-corrected chi connectivity index (χ4v) is 1.33. The molecule has 90 valence electrons. The third kappa shape index (κ3) is 8.91. The van der Waals surface area contributed by atoms with E-state index in [2.05, 4.69) is 22.9 Å². The van der Waals surface area contributed by atoms with Crippen LogP contribution >= 0.6 is 15.9 Å². The van der Waals surface area contributed by atoms with Crippen molar-refractivity contribution in [2.24, 2.45) is 0 Å². The van der Waals surface area contributed by atoms with Gasteiger partial charge in [0.15, 0.2) is 0 Å². The molecule has 0 aliphatic rings. The molecule has 0 unspecified atom stereocenters. The predicted molar refractivity (Wildman–Crippen MR) is 67.3 cm³/mol. The van der Waals surface area contributed by atoms with Crippen LogP contribution in [0.4, 0.5) is 0 Å². The second kappa shape index (κ2) is 8.14. The first kappa shape index (κ1) is 14.9. The molecule has 0 aromatic carbocycles. The fraction of sp³-hybridized carbons (Fsp3) is 0.917. The van der Waals surface area contributed by atoms with Crippen molar-refractivity contribution in [1.82, 2.24) is 0 Å². The Kier molecular flexibility index (Phi) is 8.12. The third-order valence-corrected chi connectivity index (χ3v) is 2.54. The van der Waals surface area contributed by atoms with Crippen LogP contribution in [0.2, 0.25) is 0 Å². The molecule has 0 saturated heterocycles. The fourth-order valence-electron chi connectivity index (χ4n) is 1.22. The van der Waals surface area contributed by atoms with Crippen LogP contribution in [-0.4, -0.2) is 16.9 Å². The molecule has 0 bridgehead atoms. The smallest absolute Gasteiger partial charge is 0.322 e. The summed E-state index contributed by atoms with van der Waals surface area (Å²) >= 11 is 3.27. The lowest BCUT2D eigenvalue weighted by Gasteiger charge is -2.14. The molecule has 0 rings (SSSR count). The number of esters is 1. The number of hydrogen-bond acceptors (Lipinski definition) is 2. The number of ether oxygens (including phenoxy) is 1. The minimum Gasteiger partial charge on any atom is -0.465 e. The summed E-state index contributed by atoms with van der Waals surface area (Å²) in [6.07, 6.45) is 7.28. The number of carbonyl (C=O) groups excluding carboxylic acids is 1. The lowest BCUT2D eigenvalue weighted by molar-refractivity contribution is -0.145. The number of unbranched alkanes of at least 4 members (excludes halogenated alkanes) is 5. The second-order valence-corrected chi connectivity index (χ2v) is 6.36. The highest BCUT2D eigenvalue weighted by molar-refractivity contribution is 9.10. The van der Waals surface area contributed by atoms with Gasteiger partial charge >= 0.3 is 5.97 Å². The van der Waals surface area contributed by atoms with E-state index >= 15 is 0 Å². The van der Waals surface area contributed by atoms with Crippen LogP contribution in [0, 0.1) is 0 Å². The van der Waals surface area contributed by atoms with Gasteiger partial charge in [-0.05, 0) is 20.3 Å². The topological polar surface area (TPSA) is 26.3 Å². The van der Waals surface area contributed by atoms with Gasteiger partial charge in [0.2, 0.25) is 0 Å². The van der Waals surface area contributed by atoms with E-state index in [0.29, 0.717) is 6.61 Å². The summed E-state index contributed by atoms with van der Waals surface area (Å²) in [6.45, 7) is 6.37. The first-order valence-corrected chi connectivity index (χ1v) is 6.64. The summed E-state index contributed by atoms with van der Waals surface area (Å²) in [5.41, 5.74) is 0. The van der Waals surface area contributed by atoms with E-state index in [0.717, 1.165) is 12.8 Å². The monoisotopic (exact) mass is 278 g/mol. The van der Waals surface area contributed by atoms with Gasteiger partial charge in [0, 0.05) is 0 Å². The Bertz CT molecular complexity index is 173. The Hall–Kier alpha value is -0.0500. The number of halogens is 1. The van der Waals surface area contributed by atoms with Gasteiger partial charge in [-0.25, -0.2) is 0 Å². The zero-order valence-corrected chi connectivity index (χ0v) is 11.7. The highest BCUT2D eigenvalue weighted by atomic mass is 79.9. The van der Waals surface area contributed by atoms with Crippen LogP contribution in [0.5, 0.6) is 0 Å².